The normalized spacial score (nSPS) is 17.5. The molecule has 0 saturated carbocycles. The number of carbonyl (C=O) groups is 1. The van der Waals surface area contributed by atoms with E-state index in [1.165, 1.54) is 13.2 Å². The Hall–Kier alpha value is -0.480. The molecule has 0 aromatic carbocycles. The lowest BCUT2D eigenvalue weighted by molar-refractivity contribution is 0.0547. The first-order chi connectivity index (χ1) is 8.36. The summed E-state index contributed by atoms with van der Waals surface area (Å²) in [4.78, 5) is 11.6. The molecule has 18 heavy (non-hydrogen) atoms. The molecular formula is C9H10BrNO5S2. The molecule has 6 nitrogen and oxygen atoms in total. The molecule has 2 rings (SSSR count). The molecule has 1 fully saturated rings. The van der Waals surface area contributed by atoms with E-state index in [4.69, 9.17) is 5.11 Å². The molecule has 2 heterocycles. The molecule has 9 heteroatoms. The molecule has 0 unspecified atom stereocenters. The van der Waals surface area contributed by atoms with E-state index >= 15 is 0 Å². The first-order valence-electron chi connectivity index (χ1n) is 4.92. The number of halogens is 1. The maximum Gasteiger partial charge on any atom is 0.348 e. The largest absolute Gasteiger partial charge is 0.465 e. The topological polar surface area (TPSA) is 83.9 Å². The summed E-state index contributed by atoms with van der Waals surface area (Å²) in [5.74, 6) is -0.578. The Labute approximate surface area is 116 Å². The van der Waals surface area contributed by atoms with Crippen LogP contribution in [0.25, 0.3) is 0 Å². The van der Waals surface area contributed by atoms with Gasteiger partial charge in [0.2, 0.25) is 10.0 Å². The molecule has 0 atom stereocenters. The fourth-order valence-corrected chi connectivity index (χ4v) is 5.43. The Balaban J connectivity index is 2.33. The van der Waals surface area contributed by atoms with Gasteiger partial charge in [0.15, 0.2) is 0 Å². The van der Waals surface area contributed by atoms with Crippen LogP contribution >= 0.6 is 27.3 Å². The summed E-state index contributed by atoms with van der Waals surface area (Å²) in [5, 5.41) is 9.14. The van der Waals surface area contributed by atoms with Crippen molar-refractivity contribution in [1.82, 2.24) is 4.31 Å². The van der Waals surface area contributed by atoms with Crippen LogP contribution in [0.1, 0.15) is 9.67 Å². The van der Waals surface area contributed by atoms with Crippen LogP contribution in [0.15, 0.2) is 14.7 Å². The van der Waals surface area contributed by atoms with E-state index in [1.54, 1.807) is 0 Å². The van der Waals surface area contributed by atoms with Gasteiger partial charge in [0, 0.05) is 13.1 Å². The van der Waals surface area contributed by atoms with Gasteiger partial charge in [-0.1, -0.05) is 0 Å². The van der Waals surface area contributed by atoms with E-state index in [0.29, 0.717) is 3.79 Å². The van der Waals surface area contributed by atoms with Crippen LogP contribution in [-0.2, 0) is 14.8 Å². The molecule has 1 aliphatic heterocycles. The van der Waals surface area contributed by atoms with Crippen LogP contribution in [0.4, 0.5) is 0 Å². The second kappa shape index (κ2) is 4.89. The van der Waals surface area contributed by atoms with Crippen LogP contribution < -0.4 is 0 Å². The molecule has 1 aromatic rings. The van der Waals surface area contributed by atoms with Crippen LogP contribution in [0.2, 0.25) is 0 Å². The van der Waals surface area contributed by atoms with Crippen molar-refractivity contribution >= 4 is 43.3 Å². The standard InChI is InChI=1S/C9H10BrNO5S2/c1-16-9(13)6-2-7(8(10)17-6)18(14,15)11-3-5(12)4-11/h2,5,12H,3-4H2,1H3. The van der Waals surface area contributed by atoms with Gasteiger partial charge in [-0.3, -0.25) is 0 Å². The molecule has 0 aliphatic carbocycles. The Morgan fingerprint density at radius 2 is 2.22 bits per heavy atom. The molecule has 1 aliphatic rings. The average molecular weight is 356 g/mol. The van der Waals surface area contributed by atoms with Crippen molar-refractivity contribution in [1.29, 1.82) is 0 Å². The lowest BCUT2D eigenvalue weighted by Gasteiger charge is -2.34. The zero-order valence-electron chi connectivity index (χ0n) is 9.29. The third-order valence-electron chi connectivity index (χ3n) is 2.49. The Bertz CT molecular complexity index is 576. The third-order valence-corrected chi connectivity index (χ3v) is 6.55. The zero-order chi connectivity index (χ0) is 13.5. The molecule has 100 valence electrons. The number of methoxy groups -OCH3 is 1. The van der Waals surface area contributed by atoms with E-state index in [0.717, 1.165) is 15.6 Å². The predicted octanol–water partition coefficient (Wildman–Crippen LogP) is 0.662. The van der Waals surface area contributed by atoms with Crippen LogP contribution in [0.3, 0.4) is 0 Å². The fourth-order valence-electron chi connectivity index (χ4n) is 1.48. The van der Waals surface area contributed by atoms with Gasteiger partial charge < -0.3 is 9.84 Å². The Kier molecular flexibility index (Phi) is 3.79. The monoisotopic (exact) mass is 355 g/mol. The minimum atomic E-state index is -3.66. The number of rotatable bonds is 3. The van der Waals surface area contributed by atoms with Gasteiger partial charge in [0.05, 0.1) is 17.0 Å². The summed E-state index contributed by atoms with van der Waals surface area (Å²) >= 11 is 4.13. The number of nitrogens with zero attached hydrogens (tertiary/aromatic N) is 1. The van der Waals surface area contributed by atoms with E-state index < -0.39 is 22.1 Å². The third kappa shape index (κ3) is 2.32. The predicted molar refractivity (Wildman–Crippen MR) is 68.1 cm³/mol. The Morgan fingerprint density at radius 3 is 2.72 bits per heavy atom. The number of aliphatic hydroxyl groups is 1. The molecule has 1 N–H and O–H groups in total. The highest BCUT2D eigenvalue weighted by Gasteiger charge is 2.37. The highest BCUT2D eigenvalue weighted by Crippen LogP contribution is 2.35. The first-order valence-corrected chi connectivity index (χ1v) is 7.97. The quantitative estimate of drug-likeness (QED) is 0.805. The minimum Gasteiger partial charge on any atom is -0.465 e. The highest BCUT2D eigenvalue weighted by atomic mass is 79.9. The van der Waals surface area contributed by atoms with Crippen molar-refractivity contribution in [3.05, 3.63) is 14.7 Å². The number of β-amino-alcohol motifs (C(OH)–C–C–N with tert-alkyl or cyclic N) is 1. The Morgan fingerprint density at radius 1 is 1.61 bits per heavy atom. The maximum absolute atomic E-state index is 12.1. The average Bonchev–Trinajstić information content (AvgIpc) is 2.66. The summed E-state index contributed by atoms with van der Waals surface area (Å²) in [6, 6.07) is 1.28. The van der Waals surface area contributed by atoms with Gasteiger partial charge in [-0.15, -0.1) is 11.3 Å². The first kappa shape index (κ1) is 13.9. The van der Waals surface area contributed by atoms with E-state index in [2.05, 4.69) is 20.7 Å². The molecule has 1 saturated heterocycles. The molecular weight excluding hydrogens is 346 g/mol. The van der Waals surface area contributed by atoms with Crippen molar-refractivity contribution < 1.29 is 23.1 Å². The van der Waals surface area contributed by atoms with Gasteiger partial charge >= 0.3 is 5.97 Å². The van der Waals surface area contributed by atoms with Gasteiger partial charge in [0.25, 0.3) is 0 Å². The van der Waals surface area contributed by atoms with Crippen molar-refractivity contribution in [3.8, 4) is 0 Å². The van der Waals surface area contributed by atoms with Crippen LogP contribution in [0, 0.1) is 0 Å². The number of thiophene rings is 1. The smallest absolute Gasteiger partial charge is 0.348 e. The van der Waals surface area contributed by atoms with Gasteiger partial charge in [-0.2, -0.15) is 4.31 Å². The van der Waals surface area contributed by atoms with Gasteiger partial charge in [-0.25, -0.2) is 13.2 Å². The van der Waals surface area contributed by atoms with Crippen molar-refractivity contribution in [2.75, 3.05) is 20.2 Å². The summed E-state index contributed by atoms with van der Waals surface area (Å²) in [7, 11) is -2.43. The van der Waals surface area contributed by atoms with Crippen molar-refractivity contribution in [2.24, 2.45) is 0 Å². The summed E-state index contributed by atoms with van der Waals surface area (Å²) in [6.07, 6.45) is -0.614. The van der Waals surface area contributed by atoms with Crippen molar-refractivity contribution in [2.45, 2.75) is 11.0 Å². The number of sulfonamides is 1. The van der Waals surface area contributed by atoms with Crippen LogP contribution in [0.5, 0.6) is 0 Å². The van der Waals surface area contributed by atoms with Gasteiger partial charge in [0.1, 0.15) is 9.77 Å². The van der Waals surface area contributed by atoms with E-state index in [1.807, 2.05) is 0 Å². The number of hydrogen-bond donors (Lipinski definition) is 1. The van der Waals surface area contributed by atoms with Crippen LogP contribution in [-0.4, -0.2) is 50.1 Å². The number of hydrogen-bond acceptors (Lipinski definition) is 6. The lowest BCUT2D eigenvalue weighted by atomic mass is 10.2. The van der Waals surface area contributed by atoms with Crippen molar-refractivity contribution in [3.63, 3.8) is 0 Å². The second-order valence-corrected chi connectivity index (χ2v) is 7.99. The SMILES string of the molecule is COC(=O)c1cc(S(=O)(=O)N2CC(O)C2)c(Br)s1. The molecule has 0 spiro atoms. The number of esters is 1. The second-order valence-electron chi connectivity index (χ2n) is 3.72. The molecule has 0 radical (unpaired) electrons. The number of carbonyl (C=O) groups excluding carboxylic acids is 1. The molecule has 1 aromatic heterocycles. The number of ether oxygens (including phenoxy) is 1. The summed E-state index contributed by atoms with van der Waals surface area (Å²) in [6.45, 7) is 0.163. The minimum absolute atomic E-state index is 0.0276. The molecule has 0 amide bonds. The summed E-state index contributed by atoms with van der Waals surface area (Å²) in [5.41, 5.74) is 0. The maximum atomic E-state index is 12.1. The van der Waals surface area contributed by atoms with E-state index in [9.17, 15) is 13.2 Å². The van der Waals surface area contributed by atoms with E-state index in [-0.39, 0.29) is 22.9 Å². The highest BCUT2D eigenvalue weighted by molar-refractivity contribution is 9.11. The lowest BCUT2D eigenvalue weighted by Crippen LogP contribution is -2.53. The fraction of sp³-hybridized carbons (Fsp3) is 0.444. The zero-order valence-corrected chi connectivity index (χ0v) is 12.5. The number of aliphatic hydroxyl groups excluding tert-OH is 1. The summed E-state index contributed by atoms with van der Waals surface area (Å²) < 4.78 is 30.3. The van der Waals surface area contributed by atoms with Gasteiger partial charge in [-0.05, 0) is 22.0 Å². The molecule has 0 bridgehead atoms.